The lowest BCUT2D eigenvalue weighted by atomic mass is 9.95. The van der Waals surface area contributed by atoms with E-state index in [2.05, 4.69) is 11.9 Å². The van der Waals surface area contributed by atoms with Crippen molar-refractivity contribution in [2.45, 2.75) is 38.8 Å². The van der Waals surface area contributed by atoms with Crippen molar-refractivity contribution < 1.29 is 28.9 Å². The van der Waals surface area contributed by atoms with Crippen molar-refractivity contribution in [2.75, 3.05) is 19.8 Å². The molecule has 196 valence electrons. The van der Waals surface area contributed by atoms with Crippen molar-refractivity contribution in [3.8, 4) is 17.2 Å². The Balaban J connectivity index is 1.56. The SMILES string of the molecule is CCCCCOc1cccc([C@H]2C(=C(O)c3ccc4c(c3)OCCO4)C(=O)C(=O)N2Cc2ccncc2)c1. The highest BCUT2D eigenvalue weighted by molar-refractivity contribution is 6.46. The summed E-state index contributed by atoms with van der Waals surface area (Å²) in [5.74, 6) is -0.00381. The first-order chi connectivity index (χ1) is 18.6. The molecule has 0 bridgehead atoms. The van der Waals surface area contributed by atoms with Crippen LogP contribution >= 0.6 is 0 Å². The van der Waals surface area contributed by atoms with E-state index >= 15 is 0 Å². The zero-order valence-corrected chi connectivity index (χ0v) is 21.3. The van der Waals surface area contributed by atoms with Crippen molar-refractivity contribution in [1.82, 2.24) is 9.88 Å². The summed E-state index contributed by atoms with van der Waals surface area (Å²) in [7, 11) is 0. The van der Waals surface area contributed by atoms with Crippen LogP contribution in [0.15, 0.2) is 72.6 Å². The molecule has 1 saturated heterocycles. The molecule has 0 saturated carbocycles. The number of amides is 1. The van der Waals surface area contributed by atoms with Crippen LogP contribution in [0.5, 0.6) is 17.2 Å². The monoisotopic (exact) mass is 514 g/mol. The molecule has 5 rings (SSSR count). The van der Waals surface area contributed by atoms with Gasteiger partial charge in [0, 0.05) is 24.5 Å². The molecule has 1 atom stereocenters. The summed E-state index contributed by atoms with van der Waals surface area (Å²) in [5, 5.41) is 11.4. The fourth-order valence-corrected chi connectivity index (χ4v) is 4.74. The molecule has 0 radical (unpaired) electrons. The van der Waals surface area contributed by atoms with Gasteiger partial charge < -0.3 is 24.2 Å². The number of aromatic nitrogens is 1. The van der Waals surface area contributed by atoms with E-state index in [-0.39, 0.29) is 17.9 Å². The van der Waals surface area contributed by atoms with E-state index < -0.39 is 17.7 Å². The van der Waals surface area contributed by atoms with Crippen LogP contribution in [0.3, 0.4) is 0 Å². The Hall–Kier alpha value is -4.33. The second-order valence-corrected chi connectivity index (χ2v) is 9.27. The number of nitrogens with zero attached hydrogens (tertiary/aromatic N) is 2. The van der Waals surface area contributed by atoms with Gasteiger partial charge in [0.2, 0.25) is 0 Å². The molecule has 1 N–H and O–H groups in total. The molecule has 0 unspecified atom stereocenters. The van der Waals surface area contributed by atoms with Gasteiger partial charge in [0.05, 0.1) is 18.2 Å². The lowest BCUT2D eigenvalue weighted by Crippen LogP contribution is -2.29. The van der Waals surface area contributed by atoms with Crippen molar-refractivity contribution in [3.05, 3.63) is 89.3 Å². The molecule has 1 amide bonds. The summed E-state index contributed by atoms with van der Waals surface area (Å²) in [6, 6.07) is 15.1. The molecule has 1 aromatic heterocycles. The third kappa shape index (κ3) is 5.20. The smallest absolute Gasteiger partial charge is 0.295 e. The molecule has 3 aromatic rings. The second-order valence-electron chi connectivity index (χ2n) is 9.27. The number of hydrogen-bond acceptors (Lipinski definition) is 7. The zero-order chi connectivity index (χ0) is 26.5. The topological polar surface area (TPSA) is 98.2 Å². The molecule has 0 spiro atoms. The Kier molecular flexibility index (Phi) is 7.58. The highest BCUT2D eigenvalue weighted by atomic mass is 16.6. The van der Waals surface area contributed by atoms with Gasteiger partial charge in [-0.15, -0.1) is 0 Å². The van der Waals surface area contributed by atoms with E-state index in [0.29, 0.717) is 48.2 Å². The molecule has 8 heteroatoms. The van der Waals surface area contributed by atoms with Gasteiger partial charge in [0.25, 0.3) is 11.7 Å². The van der Waals surface area contributed by atoms with Crippen LogP contribution in [0.2, 0.25) is 0 Å². The minimum Gasteiger partial charge on any atom is -0.507 e. The van der Waals surface area contributed by atoms with E-state index in [1.807, 2.05) is 24.3 Å². The Morgan fingerprint density at radius 3 is 2.61 bits per heavy atom. The summed E-state index contributed by atoms with van der Waals surface area (Å²) in [4.78, 5) is 32.3. The summed E-state index contributed by atoms with van der Waals surface area (Å²) < 4.78 is 17.2. The Morgan fingerprint density at radius 1 is 1.03 bits per heavy atom. The Bertz CT molecular complexity index is 1350. The number of aliphatic hydroxyl groups excluding tert-OH is 1. The molecule has 2 aliphatic rings. The van der Waals surface area contributed by atoms with Crippen LogP contribution in [-0.4, -0.2) is 46.5 Å². The minimum absolute atomic E-state index is 0.0175. The number of carbonyl (C=O) groups is 2. The van der Waals surface area contributed by atoms with Gasteiger partial charge in [-0.3, -0.25) is 14.6 Å². The van der Waals surface area contributed by atoms with Crippen molar-refractivity contribution in [1.29, 1.82) is 0 Å². The van der Waals surface area contributed by atoms with Crippen LogP contribution < -0.4 is 14.2 Å². The molecule has 38 heavy (non-hydrogen) atoms. The first-order valence-electron chi connectivity index (χ1n) is 12.9. The Labute approximate surface area is 221 Å². The molecular formula is C30H30N2O6. The van der Waals surface area contributed by atoms with Gasteiger partial charge >= 0.3 is 0 Å². The number of ether oxygens (including phenoxy) is 3. The molecule has 8 nitrogen and oxygen atoms in total. The number of unbranched alkanes of at least 4 members (excludes halogenated alkanes) is 2. The number of benzene rings is 2. The van der Waals surface area contributed by atoms with Crippen LogP contribution in [0.1, 0.15) is 48.9 Å². The lowest BCUT2D eigenvalue weighted by molar-refractivity contribution is -0.140. The number of Topliss-reactive ketones (excluding diaryl/α,β-unsaturated/α-hetero) is 1. The number of ketones is 1. The molecule has 2 aliphatic heterocycles. The standard InChI is InChI=1S/C30H30N2O6/c1-2-3-4-14-36-23-7-5-6-21(17-23)27-26(28(33)22-8-9-24-25(18-22)38-16-15-37-24)29(34)30(35)32(27)19-20-10-12-31-13-11-20/h5-13,17-18,27,33H,2-4,14-16,19H2,1H3/t27-/m0/s1. The summed E-state index contributed by atoms with van der Waals surface area (Å²) in [6.45, 7) is 3.71. The van der Waals surface area contributed by atoms with Gasteiger partial charge in [0.15, 0.2) is 11.5 Å². The summed E-state index contributed by atoms with van der Waals surface area (Å²) in [5.41, 5.74) is 1.88. The molecule has 1 fully saturated rings. The maximum atomic E-state index is 13.4. The van der Waals surface area contributed by atoms with E-state index in [1.54, 1.807) is 42.7 Å². The van der Waals surface area contributed by atoms with Gasteiger partial charge in [0.1, 0.15) is 24.7 Å². The van der Waals surface area contributed by atoms with Gasteiger partial charge in [-0.05, 0) is 60.0 Å². The number of carbonyl (C=O) groups excluding carboxylic acids is 2. The fourth-order valence-electron chi connectivity index (χ4n) is 4.74. The number of pyridine rings is 1. The highest BCUT2D eigenvalue weighted by Crippen LogP contribution is 2.42. The van der Waals surface area contributed by atoms with Crippen LogP contribution in [0.25, 0.3) is 5.76 Å². The van der Waals surface area contributed by atoms with Gasteiger partial charge in [-0.1, -0.05) is 31.9 Å². The maximum Gasteiger partial charge on any atom is 0.295 e. The van der Waals surface area contributed by atoms with Crippen molar-refractivity contribution in [2.24, 2.45) is 0 Å². The molecule has 2 aromatic carbocycles. The quantitative estimate of drug-likeness (QED) is 0.185. The van der Waals surface area contributed by atoms with E-state index in [0.717, 1.165) is 24.8 Å². The van der Waals surface area contributed by atoms with Crippen LogP contribution in [0, 0.1) is 0 Å². The van der Waals surface area contributed by atoms with E-state index in [1.165, 1.54) is 4.90 Å². The summed E-state index contributed by atoms with van der Waals surface area (Å²) in [6.07, 6.45) is 6.38. The van der Waals surface area contributed by atoms with E-state index in [4.69, 9.17) is 14.2 Å². The number of aliphatic hydroxyl groups is 1. The highest BCUT2D eigenvalue weighted by Gasteiger charge is 2.46. The normalized spacial score (nSPS) is 18.0. The first-order valence-corrected chi connectivity index (χ1v) is 12.9. The fraction of sp³-hybridized carbons (Fsp3) is 0.300. The maximum absolute atomic E-state index is 13.4. The number of likely N-dealkylation sites (tertiary alicyclic amines) is 1. The van der Waals surface area contributed by atoms with Gasteiger partial charge in [-0.2, -0.15) is 0 Å². The van der Waals surface area contributed by atoms with Gasteiger partial charge in [-0.25, -0.2) is 0 Å². The third-order valence-corrected chi connectivity index (χ3v) is 6.65. The average Bonchev–Trinajstić information content (AvgIpc) is 3.20. The van der Waals surface area contributed by atoms with Crippen LogP contribution in [0.4, 0.5) is 0 Å². The molecular weight excluding hydrogens is 484 g/mol. The Morgan fingerprint density at radius 2 is 1.82 bits per heavy atom. The zero-order valence-electron chi connectivity index (χ0n) is 21.3. The number of hydrogen-bond donors (Lipinski definition) is 1. The second kappa shape index (κ2) is 11.4. The first kappa shape index (κ1) is 25.3. The van der Waals surface area contributed by atoms with Crippen LogP contribution in [-0.2, 0) is 16.1 Å². The third-order valence-electron chi connectivity index (χ3n) is 6.65. The predicted molar refractivity (Wildman–Crippen MR) is 141 cm³/mol. The average molecular weight is 515 g/mol. The van der Waals surface area contributed by atoms with E-state index in [9.17, 15) is 14.7 Å². The van der Waals surface area contributed by atoms with Crippen molar-refractivity contribution in [3.63, 3.8) is 0 Å². The number of rotatable bonds is 9. The number of fused-ring (bicyclic) bond motifs is 1. The molecule has 3 heterocycles. The van der Waals surface area contributed by atoms with Crippen molar-refractivity contribution >= 4 is 17.4 Å². The molecule has 0 aliphatic carbocycles. The predicted octanol–water partition coefficient (Wildman–Crippen LogP) is 5.04. The largest absolute Gasteiger partial charge is 0.507 e. The minimum atomic E-state index is -0.810. The lowest BCUT2D eigenvalue weighted by Gasteiger charge is -2.26. The summed E-state index contributed by atoms with van der Waals surface area (Å²) >= 11 is 0.